The normalized spacial score (nSPS) is 12.7. The van der Waals surface area contributed by atoms with Gasteiger partial charge in [-0.25, -0.2) is 0 Å². The molecule has 0 aromatic heterocycles. The number of hydrogen-bond acceptors (Lipinski definition) is 3. The third-order valence-corrected chi connectivity index (χ3v) is 2.85. The number of carboxylic acid groups (broad SMARTS) is 1. The minimum atomic E-state index is -0.793. The number of nitrogens with one attached hydrogen (secondary N) is 1. The van der Waals surface area contributed by atoms with Crippen molar-refractivity contribution < 1.29 is 14.6 Å². The highest BCUT2D eigenvalue weighted by atomic mass is 16.5. The van der Waals surface area contributed by atoms with Gasteiger partial charge in [0.05, 0.1) is 6.10 Å². The maximum absolute atomic E-state index is 11.1. The number of carboxylic acids is 1. The van der Waals surface area contributed by atoms with Gasteiger partial charge >= 0.3 is 5.97 Å². The van der Waals surface area contributed by atoms with Crippen LogP contribution in [0.4, 0.5) is 0 Å². The van der Waals surface area contributed by atoms with Crippen LogP contribution in [0.3, 0.4) is 0 Å². The molecule has 0 amide bonds. The van der Waals surface area contributed by atoms with E-state index in [2.05, 4.69) is 5.32 Å². The van der Waals surface area contributed by atoms with E-state index in [-0.39, 0.29) is 6.10 Å². The summed E-state index contributed by atoms with van der Waals surface area (Å²) in [6.07, 6.45) is 0.783. The molecule has 0 saturated heterocycles. The molecule has 0 fully saturated rings. The van der Waals surface area contributed by atoms with Crippen molar-refractivity contribution in [2.45, 2.75) is 52.8 Å². The van der Waals surface area contributed by atoms with E-state index >= 15 is 0 Å². The molecule has 20 heavy (non-hydrogen) atoms. The largest absolute Gasteiger partial charge is 0.491 e. The standard InChI is InChI=1S/C16H25NO3/c1-11(2)9-15(16(18)19)17-10-13-5-7-14(8-6-13)20-12(3)4/h5-8,11-12,15,17H,9-10H2,1-4H3,(H,18,19)/t15-/m1/s1. The lowest BCUT2D eigenvalue weighted by molar-refractivity contribution is -0.140. The molecule has 4 heteroatoms. The topological polar surface area (TPSA) is 58.6 Å². The van der Waals surface area contributed by atoms with Gasteiger partial charge in [-0.05, 0) is 43.9 Å². The molecule has 1 aromatic rings. The molecule has 112 valence electrons. The quantitative estimate of drug-likeness (QED) is 0.768. The number of carbonyl (C=O) groups is 1. The number of aliphatic carboxylic acids is 1. The minimum absolute atomic E-state index is 0.154. The fourth-order valence-corrected chi connectivity index (χ4v) is 1.94. The van der Waals surface area contributed by atoms with Crippen LogP contribution in [0.15, 0.2) is 24.3 Å². The molecule has 0 heterocycles. The highest BCUT2D eigenvalue weighted by Crippen LogP contribution is 2.14. The lowest BCUT2D eigenvalue weighted by atomic mass is 10.0. The molecule has 1 aromatic carbocycles. The minimum Gasteiger partial charge on any atom is -0.491 e. The van der Waals surface area contributed by atoms with Crippen LogP contribution in [-0.4, -0.2) is 23.2 Å². The van der Waals surface area contributed by atoms with Crippen LogP contribution in [0.2, 0.25) is 0 Å². The van der Waals surface area contributed by atoms with Gasteiger partial charge in [-0.2, -0.15) is 0 Å². The molecule has 0 aliphatic heterocycles. The van der Waals surface area contributed by atoms with Crippen LogP contribution in [-0.2, 0) is 11.3 Å². The molecular weight excluding hydrogens is 254 g/mol. The summed E-state index contributed by atoms with van der Waals surface area (Å²) in [6, 6.07) is 7.24. The van der Waals surface area contributed by atoms with E-state index in [1.165, 1.54) is 0 Å². The average Bonchev–Trinajstić information content (AvgIpc) is 2.34. The molecule has 1 rings (SSSR count). The second-order valence-corrected chi connectivity index (χ2v) is 5.71. The van der Waals surface area contributed by atoms with Gasteiger partial charge < -0.3 is 15.2 Å². The van der Waals surface area contributed by atoms with Crippen molar-refractivity contribution in [3.05, 3.63) is 29.8 Å². The maximum Gasteiger partial charge on any atom is 0.320 e. The van der Waals surface area contributed by atoms with Gasteiger partial charge in [0, 0.05) is 6.54 Å². The van der Waals surface area contributed by atoms with Crippen LogP contribution in [0.25, 0.3) is 0 Å². The molecule has 4 nitrogen and oxygen atoms in total. The number of benzene rings is 1. The zero-order valence-corrected chi connectivity index (χ0v) is 12.7. The van der Waals surface area contributed by atoms with Crippen LogP contribution < -0.4 is 10.1 Å². The predicted molar refractivity (Wildman–Crippen MR) is 79.9 cm³/mol. The van der Waals surface area contributed by atoms with Crippen LogP contribution in [0.5, 0.6) is 5.75 Å². The van der Waals surface area contributed by atoms with Gasteiger partial charge in [-0.1, -0.05) is 26.0 Å². The molecule has 0 bridgehead atoms. The molecular formula is C16H25NO3. The van der Waals surface area contributed by atoms with E-state index in [9.17, 15) is 4.79 Å². The Balaban J connectivity index is 2.53. The third-order valence-electron chi connectivity index (χ3n) is 2.85. The Bertz CT molecular complexity index is 412. The van der Waals surface area contributed by atoms with Crippen molar-refractivity contribution in [3.63, 3.8) is 0 Å². The Kier molecular flexibility index (Phi) is 6.52. The first-order chi connectivity index (χ1) is 9.38. The highest BCUT2D eigenvalue weighted by molar-refractivity contribution is 5.73. The molecule has 0 aliphatic rings. The number of ether oxygens (including phenoxy) is 1. The van der Waals surface area contributed by atoms with E-state index in [1.807, 2.05) is 52.0 Å². The molecule has 0 radical (unpaired) electrons. The molecule has 1 atom stereocenters. The van der Waals surface area contributed by atoms with Crippen molar-refractivity contribution >= 4 is 5.97 Å². The van der Waals surface area contributed by atoms with Gasteiger partial charge in [0.1, 0.15) is 11.8 Å². The van der Waals surface area contributed by atoms with Gasteiger partial charge in [0.2, 0.25) is 0 Å². The van der Waals surface area contributed by atoms with Crippen LogP contribution >= 0.6 is 0 Å². The van der Waals surface area contributed by atoms with Gasteiger partial charge in [0.25, 0.3) is 0 Å². The van der Waals surface area contributed by atoms with E-state index < -0.39 is 12.0 Å². The molecule has 0 aliphatic carbocycles. The number of hydrogen-bond donors (Lipinski definition) is 2. The van der Waals surface area contributed by atoms with Crippen LogP contribution in [0, 0.1) is 5.92 Å². The molecule has 0 spiro atoms. The first-order valence-corrected chi connectivity index (χ1v) is 7.10. The van der Waals surface area contributed by atoms with Gasteiger partial charge in [0.15, 0.2) is 0 Å². The Morgan fingerprint density at radius 2 is 1.80 bits per heavy atom. The summed E-state index contributed by atoms with van der Waals surface area (Å²) >= 11 is 0. The number of rotatable bonds is 8. The van der Waals surface area contributed by atoms with Gasteiger partial charge in [-0.15, -0.1) is 0 Å². The van der Waals surface area contributed by atoms with Crippen molar-refractivity contribution in [2.75, 3.05) is 0 Å². The zero-order chi connectivity index (χ0) is 15.1. The van der Waals surface area contributed by atoms with E-state index in [0.29, 0.717) is 18.9 Å². The van der Waals surface area contributed by atoms with Crippen molar-refractivity contribution in [1.82, 2.24) is 5.32 Å². The predicted octanol–water partition coefficient (Wildman–Crippen LogP) is 3.06. The van der Waals surface area contributed by atoms with E-state index in [4.69, 9.17) is 9.84 Å². The molecule has 2 N–H and O–H groups in total. The molecule has 0 unspecified atom stereocenters. The summed E-state index contributed by atoms with van der Waals surface area (Å²) in [5, 5.41) is 12.2. The van der Waals surface area contributed by atoms with Gasteiger partial charge in [-0.3, -0.25) is 4.79 Å². The summed E-state index contributed by atoms with van der Waals surface area (Å²) in [4.78, 5) is 11.1. The Morgan fingerprint density at radius 1 is 1.20 bits per heavy atom. The summed E-state index contributed by atoms with van der Waals surface area (Å²) in [5.74, 6) is 0.393. The van der Waals surface area contributed by atoms with Crippen molar-refractivity contribution in [1.29, 1.82) is 0 Å². The second kappa shape index (κ2) is 7.90. The summed E-state index contributed by atoms with van der Waals surface area (Å²) in [6.45, 7) is 8.56. The van der Waals surface area contributed by atoms with Crippen molar-refractivity contribution in [3.8, 4) is 5.75 Å². The smallest absolute Gasteiger partial charge is 0.320 e. The van der Waals surface area contributed by atoms with Crippen molar-refractivity contribution in [2.24, 2.45) is 5.92 Å². The zero-order valence-electron chi connectivity index (χ0n) is 12.7. The second-order valence-electron chi connectivity index (χ2n) is 5.71. The fourth-order valence-electron chi connectivity index (χ4n) is 1.94. The van der Waals surface area contributed by atoms with Crippen LogP contribution in [0.1, 0.15) is 39.7 Å². The maximum atomic E-state index is 11.1. The Labute approximate surface area is 121 Å². The monoisotopic (exact) mass is 279 g/mol. The lowest BCUT2D eigenvalue weighted by Gasteiger charge is -2.16. The Morgan fingerprint density at radius 3 is 2.25 bits per heavy atom. The highest BCUT2D eigenvalue weighted by Gasteiger charge is 2.17. The fraction of sp³-hybridized carbons (Fsp3) is 0.562. The summed E-state index contributed by atoms with van der Waals surface area (Å²) in [5.41, 5.74) is 1.05. The van der Waals surface area contributed by atoms with E-state index in [0.717, 1.165) is 11.3 Å². The SMILES string of the molecule is CC(C)C[C@@H](NCc1ccc(OC(C)C)cc1)C(=O)O. The van der Waals surface area contributed by atoms with E-state index in [1.54, 1.807) is 0 Å². The first-order valence-electron chi connectivity index (χ1n) is 7.10. The first kappa shape index (κ1) is 16.5. The lowest BCUT2D eigenvalue weighted by Crippen LogP contribution is -2.37. The summed E-state index contributed by atoms with van der Waals surface area (Å²) in [7, 11) is 0. The average molecular weight is 279 g/mol. The third kappa shape index (κ3) is 6.06. The Hall–Kier alpha value is -1.55. The summed E-state index contributed by atoms with van der Waals surface area (Å²) < 4.78 is 5.57. The molecule has 0 saturated carbocycles.